The van der Waals surface area contributed by atoms with E-state index in [-0.39, 0.29) is 0 Å². The smallest absolute Gasteiger partial charge is 0.233 e. The fourth-order valence-corrected chi connectivity index (χ4v) is 2.03. The van der Waals surface area contributed by atoms with Gasteiger partial charge in [0.05, 0.1) is 0 Å². The van der Waals surface area contributed by atoms with Crippen LogP contribution in [0.4, 0.5) is 0 Å². The van der Waals surface area contributed by atoms with Crippen molar-refractivity contribution in [2.45, 2.75) is 39.0 Å². The first-order valence-electron chi connectivity index (χ1n) is 6.76. The van der Waals surface area contributed by atoms with Crippen molar-refractivity contribution in [3.05, 3.63) is 47.2 Å². The summed E-state index contributed by atoms with van der Waals surface area (Å²) in [5.41, 5.74) is 3.54. The minimum absolute atomic E-state index is 0.562. The Morgan fingerprint density at radius 2 is 2.11 bits per heavy atom. The predicted octanol–water partition coefficient (Wildman–Crippen LogP) is 2.55. The molecular formula is C15H19N3O. The Balaban J connectivity index is 1.62. The van der Waals surface area contributed by atoms with Gasteiger partial charge in [0.2, 0.25) is 5.88 Å². The maximum atomic E-state index is 5.71. The number of hydrogen-bond acceptors (Lipinski definition) is 3. The van der Waals surface area contributed by atoms with Gasteiger partial charge < -0.3 is 10.1 Å². The molecule has 0 spiro atoms. The second kappa shape index (κ2) is 5.45. The van der Waals surface area contributed by atoms with Gasteiger partial charge in [0.25, 0.3) is 0 Å². The number of hydrogen-bond donors (Lipinski definition) is 2. The summed E-state index contributed by atoms with van der Waals surface area (Å²) in [7, 11) is 0. The Labute approximate surface area is 113 Å². The van der Waals surface area contributed by atoms with Gasteiger partial charge in [0.1, 0.15) is 6.61 Å². The number of aromatic amines is 1. The zero-order valence-electron chi connectivity index (χ0n) is 11.1. The Kier molecular flexibility index (Phi) is 3.51. The third-order valence-electron chi connectivity index (χ3n) is 3.33. The van der Waals surface area contributed by atoms with Crippen molar-refractivity contribution >= 4 is 0 Å². The number of aromatic nitrogens is 2. The zero-order valence-corrected chi connectivity index (χ0v) is 11.1. The Hall–Kier alpha value is -1.81. The summed E-state index contributed by atoms with van der Waals surface area (Å²) < 4.78 is 5.71. The highest BCUT2D eigenvalue weighted by atomic mass is 16.5. The summed E-state index contributed by atoms with van der Waals surface area (Å²) in [5, 5.41) is 10.5. The van der Waals surface area contributed by atoms with Gasteiger partial charge >= 0.3 is 0 Å². The average molecular weight is 257 g/mol. The number of rotatable bonds is 6. The van der Waals surface area contributed by atoms with E-state index in [9.17, 15) is 0 Å². The minimum Gasteiger partial charge on any atom is -0.472 e. The number of benzene rings is 1. The topological polar surface area (TPSA) is 49.9 Å². The first-order chi connectivity index (χ1) is 9.31. The van der Waals surface area contributed by atoms with Crippen molar-refractivity contribution in [1.82, 2.24) is 15.5 Å². The second-order valence-corrected chi connectivity index (χ2v) is 5.10. The summed E-state index contributed by atoms with van der Waals surface area (Å²) in [4.78, 5) is 0. The molecule has 1 aromatic carbocycles. The van der Waals surface area contributed by atoms with E-state index in [1.54, 1.807) is 0 Å². The van der Waals surface area contributed by atoms with Gasteiger partial charge in [-0.05, 0) is 30.9 Å². The lowest BCUT2D eigenvalue weighted by molar-refractivity contribution is 0.292. The monoisotopic (exact) mass is 257 g/mol. The molecule has 4 nitrogen and oxygen atoms in total. The highest BCUT2D eigenvalue weighted by Gasteiger charge is 2.20. The van der Waals surface area contributed by atoms with Gasteiger partial charge in [-0.1, -0.05) is 24.3 Å². The molecule has 0 atom stereocenters. The standard InChI is InChI=1S/C15H19N3O/c1-11-8-15(18-17-11)19-10-13-5-3-2-4-12(13)9-16-14-6-7-14/h2-5,8,14,16H,6-7,9-10H2,1H3,(H,17,18). The van der Waals surface area contributed by atoms with E-state index >= 15 is 0 Å². The molecule has 0 radical (unpaired) electrons. The highest BCUT2D eigenvalue weighted by Crippen LogP contribution is 2.20. The first kappa shape index (κ1) is 12.2. The van der Waals surface area contributed by atoms with Crippen LogP contribution in [0, 0.1) is 6.92 Å². The normalized spacial score (nSPS) is 14.6. The second-order valence-electron chi connectivity index (χ2n) is 5.10. The lowest BCUT2D eigenvalue weighted by Gasteiger charge is -2.10. The maximum absolute atomic E-state index is 5.71. The lowest BCUT2D eigenvalue weighted by Crippen LogP contribution is -2.16. The average Bonchev–Trinajstić information content (AvgIpc) is 3.17. The number of nitrogens with one attached hydrogen (secondary N) is 2. The Morgan fingerprint density at radius 3 is 2.79 bits per heavy atom. The van der Waals surface area contributed by atoms with Crippen LogP contribution < -0.4 is 10.1 Å². The van der Waals surface area contributed by atoms with Gasteiger partial charge in [0, 0.05) is 24.3 Å². The third kappa shape index (κ3) is 3.35. The van der Waals surface area contributed by atoms with E-state index in [0.717, 1.165) is 18.3 Å². The summed E-state index contributed by atoms with van der Waals surface area (Å²) in [6.45, 7) is 3.45. The number of aryl methyl sites for hydroxylation is 1. The number of nitrogens with zero attached hydrogens (tertiary/aromatic N) is 1. The Morgan fingerprint density at radius 1 is 1.32 bits per heavy atom. The van der Waals surface area contributed by atoms with Gasteiger partial charge in [0.15, 0.2) is 0 Å². The maximum Gasteiger partial charge on any atom is 0.233 e. The van der Waals surface area contributed by atoms with Gasteiger partial charge in [-0.2, -0.15) is 0 Å². The van der Waals surface area contributed by atoms with Crippen molar-refractivity contribution in [2.75, 3.05) is 0 Å². The van der Waals surface area contributed by atoms with E-state index in [0.29, 0.717) is 12.5 Å². The molecule has 0 saturated heterocycles. The van der Waals surface area contributed by atoms with Crippen molar-refractivity contribution in [2.24, 2.45) is 0 Å². The van der Waals surface area contributed by atoms with Crippen molar-refractivity contribution in [3.63, 3.8) is 0 Å². The van der Waals surface area contributed by atoms with Gasteiger partial charge in [-0.15, -0.1) is 5.10 Å². The van der Waals surface area contributed by atoms with Crippen molar-refractivity contribution in [1.29, 1.82) is 0 Å². The van der Waals surface area contributed by atoms with Crippen LogP contribution in [0.15, 0.2) is 30.3 Å². The minimum atomic E-state index is 0.562. The van der Waals surface area contributed by atoms with Crippen LogP contribution in [0.25, 0.3) is 0 Å². The van der Waals surface area contributed by atoms with Crippen LogP contribution in [-0.2, 0) is 13.2 Å². The molecule has 3 rings (SSSR count). The number of H-pyrrole nitrogens is 1. The van der Waals surface area contributed by atoms with E-state index in [2.05, 4.69) is 39.8 Å². The van der Waals surface area contributed by atoms with E-state index in [1.807, 2.05) is 13.0 Å². The molecule has 1 aromatic heterocycles. The van der Waals surface area contributed by atoms with Crippen LogP contribution in [0.3, 0.4) is 0 Å². The van der Waals surface area contributed by atoms with E-state index in [4.69, 9.17) is 4.74 Å². The summed E-state index contributed by atoms with van der Waals surface area (Å²) in [5.74, 6) is 0.655. The molecule has 1 heterocycles. The molecule has 2 N–H and O–H groups in total. The highest BCUT2D eigenvalue weighted by molar-refractivity contribution is 5.27. The molecule has 1 aliphatic carbocycles. The van der Waals surface area contributed by atoms with Gasteiger partial charge in [-0.3, -0.25) is 5.10 Å². The summed E-state index contributed by atoms with van der Waals surface area (Å²) in [6, 6.07) is 11.0. The number of ether oxygens (including phenoxy) is 1. The molecule has 1 fully saturated rings. The van der Waals surface area contributed by atoms with Crippen LogP contribution in [0.5, 0.6) is 5.88 Å². The molecule has 4 heteroatoms. The molecule has 0 unspecified atom stereocenters. The molecular weight excluding hydrogens is 238 g/mol. The molecule has 2 aromatic rings. The largest absolute Gasteiger partial charge is 0.472 e. The molecule has 0 bridgehead atoms. The van der Waals surface area contributed by atoms with E-state index < -0.39 is 0 Å². The quantitative estimate of drug-likeness (QED) is 0.836. The first-order valence-corrected chi connectivity index (χ1v) is 6.76. The SMILES string of the molecule is Cc1cc(OCc2ccccc2CNC2CC2)n[nH]1. The van der Waals surface area contributed by atoms with Crippen LogP contribution in [0.2, 0.25) is 0 Å². The Bertz CT molecular complexity index is 546. The lowest BCUT2D eigenvalue weighted by atomic mass is 10.1. The summed E-state index contributed by atoms with van der Waals surface area (Å²) >= 11 is 0. The fourth-order valence-electron chi connectivity index (χ4n) is 2.03. The van der Waals surface area contributed by atoms with Gasteiger partial charge in [-0.25, -0.2) is 0 Å². The molecule has 100 valence electrons. The molecule has 1 saturated carbocycles. The molecule has 0 amide bonds. The van der Waals surface area contributed by atoms with Crippen LogP contribution in [0.1, 0.15) is 29.7 Å². The predicted molar refractivity (Wildman–Crippen MR) is 74.0 cm³/mol. The van der Waals surface area contributed by atoms with Crippen molar-refractivity contribution < 1.29 is 4.74 Å². The zero-order chi connectivity index (χ0) is 13.1. The van der Waals surface area contributed by atoms with Crippen LogP contribution in [-0.4, -0.2) is 16.2 Å². The third-order valence-corrected chi connectivity index (χ3v) is 3.33. The van der Waals surface area contributed by atoms with Crippen molar-refractivity contribution in [3.8, 4) is 5.88 Å². The molecule has 1 aliphatic rings. The van der Waals surface area contributed by atoms with E-state index in [1.165, 1.54) is 24.0 Å². The van der Waals surface area contributed by atoms with Crippen LogP contribution >= 0.6 is 0 Å². The molecule has 0 aliphatic heterocycles. The molecule has 19 heavy (non-hydrogen) atoms. The summed E-state index contributed by atoms with van der Waals surface area (Å²) in [6.07, 6.45) is 2.62. The fraction of sp³-hybridized carbons (Fsp3) is 0.400.